The van der Waals surface area contributed by atoms with Crippen LogP contribution in [0.4, 0.5) is 11.5 Å². The Balaban J connectivity index is 1.99. The number of anilines is 2. The van der Waals surface area contributed by atoms with Gasteiger partial charge in [0, 0.05) is 18.0 Å². The number of imidazole rings is 1. The van der Waals surface area contributed by atoms with Gasteiger partial charge in [0.2, 0.25) is 0 Å². The van der Waals surface area contributed by atoms with Gasteiger partial charge in [0.25, 0.3) is 5.91 Å². The molecule has 0 fully saturated rings. The summed E-state index contributed by atoms with van der Waals surface area (Å²) in [6, 6.07) is 16.3. The van der Waals surface area contributed by atoms with Gasteiger partial charge in [-0.3, -0.25) is 9.20 Å². The van der Waals surface area contributed by atoms with E-state index in [4.69, 9.17) is 15.5 Å². The van der Waals surface area contributed by atoms with Gasteiger partial charge >= 0.3 is 0 Å². The van der Waals surface area contributed by atoms with Gasteiger partial charge in [-0.05, 0) is 43.2 Å². The number of para-hydroxylation sites is 1. The number of hydrogen-bond acceptors (Lipinski definition) is 6. The SMILES string of the molecule is Cc1cccc(C)c1Nc1c(-c2c(C#N)cc(O)cc2OCC(N)=O)nc2ccccn12. The number of amides is 1. The van der Waals surface area contributed by atoms with Gasteiger partial charge < -0.3 is 20.9 Å². The fourth-order valence-electron chi connectivity index (χ4n) is 3.62. The molecule has 0 spiro atoms. The summed E-state index contributed by atoms with van der Waals surface area (Å²) in [6.45, 7) is 3.59. The lowest BCUT2D eigenvalue weighted by Gasteiger charge is -2.16. The summed E-state index contributed by atoms with van der Waals surface area (Å²) in [6.07, 6.45) is 1.86. The van der Waals surface area contributed by atoms with Crippen LogP contribution in [0, 0.1) is 25.2 Å². The fraction of sp³-hybridized carbons (Fsp3) is 0.125. The van der Waals surface area contributed by atoms with Crippen LogP contribution in [-0.4, -0.2) is 27.0 Å². The molecule has 8 nitrogen and oxygen atoms in total. The van der Waals surface area contributed by atoms with Gasteiger partial charge in [0.05, 0.1) is 11.1 Å². The van der Waals surface area contributed by atoms with Crippen molar-refractivity contribution in [1.82, 2.24) is 9.38 Å². The highest BCUT2D eigenvalue weighted by atomic mass is 16.5. The molecule has 4 N–H and O–H groups in total. The fourth-order valence-corrected chi connectivity index (χ4v) is 3.62. The van der Waals surface area contributed by atoms with Crippen molar-refractivity contribution in [2.75, 3.05) is 11.9 Å². The van der Waals surface area contributed by atoms with Crippen molar-refractivity contribution in [3.63, 3.8) is 0 Å². The first-order chi connectivity index (χ1) is 15.4. The number of carbonyl (C=O) groups excluding carboxylic acids is 1. The van der Waals surface area contributed by atoms with E-state index in [1.165, 1.54) is 12.1 Å². The highest BCUT2D eigenvalue weighted by molar-refractivity contribution is 5.87. The number of nitrogens with two attached hydrogens (primary N) is 1. The lowest BCUT2D eigenvalue weighted by molar-refractivity contribution is -0.119. The molecule has 32 heavy (non-hydrogen) atoms. The van der Waals surface area contributed by atoms with Crippen molar-refractivity contribution < 1.29 is 14.6 Å². The second-order valence-electron chi connectivity index (χ2n) is 7.36. The van der Waals surface area contributed by atoms with Crippen molar-refractivity contribution >= 4 is 23.1 Å². The topological polar surface area (TPSA) is 126 Å². The van der Waals surface area contributed by atoms with Gasteiger partial charge in [-0.15, -0.1) is 0 Å². The van der Waals surface area contributed by atoms with Crippen LogP contribution in [0.1, 0.15) is 16.7 Å². The Kier molecular flexibility index (Phi) is 5.39. The minimum Gasteiger partial charge on any atom is -0.508 e. The number of primary amides is 1. The van der Waals surface area contributed by atoms with Crippen LogP contribution in [0.15, 0.2) is 54.7 Å². The Labute approximate surface area is 184 Å². The summed E-state index contributed by atoms with van der Waals surface area (Å²) in [7, 11) is 0. The summed E-state index contributed by atoms with van der Waals surface area (Å²) in [4.78, 5) is 16.1. The van der Waals surface area contributed by atoms with E-state index in [0.717, 1.165) is 16.8 Å². The third-order valence-electron chi connectivity index (χ3n) is 5.07. The number of benzene rings is 2. The van der Waals surface area contributed by atoms with Crippen molar-refractivity contribution in [3.05, 3.63) is 71.4 Å². The molecule has 0 radical (unpaired) electrons. The first-order valence-electron chi connectivity index (χ1n) is 9.88. The van der Waals surface area contributed by atoms with Crippen molar-refractivity contribution in [1.29, 1.82) is 5.26 Å². The number of rotatable bonds is 6. The van der Waals surface area contributed by atoms with Crippen LogP contribution in [0.2, 0.25) is 0 Å². The Morgan fingerprint density at radius 3 is 2.66 bits per heavy atom. The number of nitriles is 1. The second kappa shape index (κ2) is 8.32. The number of phenols is 1. The molecule has 2 aromatic heterocycles. The van der Waals surface area contributed by atoms with E-state index in [-0.39, 0.29) is 17.1 Å². The summed E-state index contributed by atoms with van der Waals surface area (Å²) in [5, 5.41) is 23.3. The predicted octanol–water partition coefficient (Wildman–Crippen LogP) is 3.80. The van der Waals surface area contributed by atoms with E-state index >= 15 is 0 Å². The summed E-state index contributed by atoms with van der Waals surface area (Å²) in [5.74, 6) is -0.100. The molecule has 0 aliphatic rings. The van der Waals surface area contributed by atoms with Crippen LogP contribution < -0.4 is 15.8 Å². The van der Waals surface area contributed by atoms with E-state index in [0.29, 0.717) is 22.7 Å². The molecule has 2 heterocycles. The third kappa shape index (κ3) is 3.79. The molecule has 0 saturated carbocycles. The summed E-state index contributed by atoms with van der Waals surface area (Å²) < 4.78 is 7.43. The van der Waals surface area contributed by atoms with Crippen LogP contribution in [0.25, 0.3) is 16.9 Å². The van der Waals surface area contributed by atoms with Crippen LogP contribution in [-0.2, 0) is 4.79 Å². The molecule has 0 unspecified atom stereocenters. The number of aromatic hydroxyl groups is 1. The molecule has 2 aromatic carbocycles. The van der Waals surface area contributed by atoms with Crippen LogP contribution >= 0.6 is 0 Å². The van der Waals surface area contributed by atoms with E-state index in [2.05, 4.69) is 11.4 Å². The summed E-state index contributed by atoms with van der Waals surface area (Å²) in [5.41, 5.74) is 9.82. The first-order valence-corrected chi connectivity index (χ1v) is 9.88. The normalized spacial score (nSPS) is 10.7. The Morgan fingerprint density at radius 1 is 1.22 bits per heavy atom. The molecule has 0 aliphatic heterocycles. The average molecular weight is 427 g/mol. The molecule has 0 aliphatic carbocycles. The average Bonchev–Trinajstić information content (AvgIpc) is 3.12. The van der Waals surface area contributed by atoms with Crippen LogP contribution in [0.5, 0.6) is 11.5 Å². The Bertz CT molecular complexity index is 1360. The molecule has 4 aromatic rings. The molecular formula is C24H21N5O3. The molecular weight excluding hydrogens is 406 g/mol. The maximum absolute atomic E-state index is 11.3. The molecule has 160 valence electrons. The van der Waals surface area contributed by atoms with Gasteiger partial charge in [0.15, 0.2) is 6.61 Å². The van der Waals surface area contributed by atoms with Crippen LogP contribution in [0.3, 0.4) is 0 Å². The predicted molar refractivity (Wildman–Crippen MR) is 121 cm³/mol. The minimum absolute atomic E-state index is 0.133. The van der Waals surface area contributed by atoms with Gasteiger partial charge in [-0.1, -0.05) is 24.3 Å². The monoisotopic (exact) mass is 427 g/mol. The first kappa shape index (κ1) is 20.8. The van der Waals surface area contributed by atoms with E-state index < -0.39 is 12.5 Å². The number of nitrogens with zero attached hydrogens (tertiary/aromatic N) is 3. The van der Waals surface area contributed by atoms with Crippen molar-refractivity contribution in [3.8, 4) is 28.8 Å². The lowest BCUT2D eigenvalue weighted by Crippen LogP contribution is -2.20. The Hall–Kier alpha value is -4.51. The smallest absolute Gasteiger partial charge is 0.255 e. The zero-order valence-electron chi connectivity index (χ0n) is 17.6. The number of carbonyl (C=O) groups is 1. The zero-order valence-corrected chi connectivity index (χ0v) is 17.6. The lowest BCUT2D eigenvalue weighted by atomic mass is 10.0. The largest absolute Gasteiger partial charge is 0.508 e. The van der Waals surface area contributed by atoms with Gasteiger partial charge in [-0.25, -0.2) is 4.98 Å². The van der Waals surface area contributed by atoms with E-state index in [1.807, 2.05) is 60.8 Å². The number of aryl methyl sites for hydroxylation is 2. The third-order valence-corrected chi connectivity index (χ3v) is 5.07. The Morgan fingerprint density at radius 2 is 1.97 bits per heavy atom. The number of fused-ring (bicyclic) bond motifs is 1. The number of aromatic nitrogens is 2. The van der Waals surface area contributed by atoms with Gasteiger partial charge in [0.1, 0.15) is 34.7 Å². The maximum atomic E-state index is 11.3. The standard InChI is InChI=1S/C24H21N5O3/c1-14-6-5-7-15(2)22(14)28-24-23(27-20-8-3-4-9-29(20)24)21-16(12-25)10-17(30)11-18(21)32-13-19(26)31/h3-11,28,30H,13H2,1-2H3,(H2,26,31). The highest BCUT2D eigenvalue weighted by Gasteiger charge is 2.23. The molecule has 8 heteroatoms. The number of phenolic OH excluding ortho intramolecular Hbond substituents is 1. The molecule has 0 atom stereocenters. The quantitative estimate of drug-likeness (QED) is 0.430. The number of nitrogens with one attached hydrogen (secondary N) is 1. The van der Waals surface area contributed by atoms with E-state index in [9.17, 15) is 15.2 Å². The van der Waals surface area contributed by atoms with E-state index in [1.54, 1.807) is 0 Å². The zero-order chi connectivity index (χ0) is 22.8. The number of hydrogen-bond donors (Lipinski definition) is 3. The second-order valence-corrected chi connectivity index (χ2v) is 7.36. The highest BCUT2D eigenvalue weighted by Crippen LogP contribution is 2.41. The molecule has 4 rings (SSSR count). The molecule has 1 amide bonds. The maximum Gasteiger partial charge on any atom is 0.255 e. The summed E-state index contributed by atoms with van der Waals surface area (Å²) >= 11 is 0. The number of ether oxygens (including phenoxy) is 1. The van der Waals surface area contributed by atoms with Gasteiger partial charge in [-0.2, -0.15) is 5.26 Å². The number of pyridine rings is 1. The minimum atomic E-state index is -0.679. The molecule has 0 saturated heterocycles. The van der Waals surface area contributed by atoms with Crippen molar-refractivity contribution in [2.45, 2.75) is 13.8 Å². The van der Waals surface area contributed by atoms with Crippen molar-refractivity contribution in [2.24, 2.45) is 5.73 Å². The molecule has 0 bridgehead atoms.